The summed E-state index contributed by atoms with van der Waals surface area (Å²) >= 11 is 7.76. The maximum Gasteiger partial charge on any atom is 0.243 e. The van der Waals surface area contributed by atoms with Crippen molar-refractivity contribution in [2.45, 2.75) is 50.7 Å². The number of benzene rings is 2. The molecule has 0 spiro atoms. The standard InChI is InChI=1S/C25H28ClN5O2S/c1-16-8-7-9-17(2)23(16)28-21(32)14-27-22(33)15-34-25-30-29-24(19-12-5-6-13-20(19)26)31(25)18-10-3-4-11-18/h5-9,12-13,18H,3-4,10-11,14-15H2,1-2H3,(H,27,33)(H,28,32). The minimum Gasteiger partial charge on any atom is -0.346 e. The van der Waals surface area contributed by atoms with E-state index in [4.69, 9.17) is 11.6 Å². The molecule has 1 aromatic heterocycles. The molecule has 1 saturated carbocycles. The maximum absolute atomic E-state index is 12.5. The minimum atomic E-state index is -0.258. The van der Waals surface area contributed by atoms with Gasteiger partial charge < -0.3 is 10.6 Å². The highest BCUT2D eigenvalue weighted by atomic mass is 35.5. The van der Waals surface area contributed by atoms with Crippen LogP contribution in [0.4, 0.5) is 5.69 Å². The molecule has 1 aliphatic carbocycles. The summed E-state index contributed by atoms with van der Waals surface area (Å²) in [5.74, 6) is 0.380. The largest absolute Gasteiger partial charge is 0.346 e. The quantitative estimate of drug-likeness (QED) is 0.419. The number of thioether (sulfide) groups is 1. The van der Waals surface area contributed by atoms with Crippen LogP contribution >= 0.6 is 23.4 Å². The van der Waals surface area contributed by atoms with Gasteiger partial charge in [0.2, 0.25) is 11.8 Å². The van der Waals surface area contributed by atoms with Crippen molar-refractivity contribution in [3.63, 3.8) is 0 Å². The normalized spacial score (nSPS) is 13.7. The Morgan fingerprint density at radius 2 is 1.74 bits per heavy atom. The lowest BCUT2D eigenvalue weighted by atomic mass is 10.1. The van der Waals surface area contributed by atoms with Crippen LogP contribution in [0.2, 0.25) is 5.02 Å². The third-order valence-electron chi connectivity index (χ3n) is 5.99. The number of anilines is 1. The van der Waals surface area contributed by atoms with Crippen LogP contribution in [-0.4, -0.2) is 38.9 Å². The van der Waals surface area contributed by atoms with Crippen LogP contribution in [0, 0.1) is 13.8 Å². The van der Waals surface area contributed by atoms with Crippen molar-refractivity contribution in [1.82, 2.24) is 20.1 Å². The molecule has 0 bridgehead atoms. The summed E-state index contributed by atoms with van der Waals surface area (Å²) in [4.78, 5) is 24.8. The molecule has 3 aromatic rings. The highest BCUT2D eigenvalue weighted by Gasteiger charge is 2.26. The first kappa shape index (κ1) is 24.3. The smallest absolute Gasteiger partial charge is 0.243 e. The Morgan fingerprint density at radius 3 is 2.44 bits per heavy atom. The fourth-order valence-corrected chi connectivity index (χ4v) is 5.30. The van der Waals surface area contributed by atoms with Crippen molar-refractivity contribution in [2.75, 3.05) is 17.6 Å². The van der Waals surface area contributed by atoms with E-state index in [0.29, 0.717) is 10.2 Å². The number of rotatable bonds is 8. The number of halogens is 1. The zero-order valence-electron chi connectivity index (χ0n) is 19.3. The molecule has 34 heavy (non-hydrogen) atoms. The van der Waals surface area contributed by atoms with Gasteiger partial charge in [0.1, 0.15) is 0 Å². The molecule has 9 heteroatoms. The van der Waals surface area contributed by atoms with Crippen molar-refractivity contribution in [2.24, 2.45) is 0 Å². The molecular formula is C25H28ClN5O2S. The first-order valence-corrected chi connectivity index (χ1v) is 12.8. The van der Waals surface area contributed by atoms with Gasteiger partial charge in [0.15, 0.2) is 11.0 Å². The van der Waals surface area contributed by atoms with E-state index in [1.54, 1.807) is 0 Å². The van der Waals surface area contributed by atoms with Gasteiger partial charge in [0, 0.05) is 17.3 Å². The first-order valence-electron chi connectivity index (χ1n) is 11.4. The van der Waals surface area contributed by atoms with Gasteiger partial charge in [-0.3, -0.25) is 14.2 Å². The highest BCUT2D eigenvalue weighted by molar-refractivity contribution is 7.99. The second-order valence-corrected chi connectivity index (χ2v) is 9.82. The SMILES string of the molecule is Cc1cccc(C)c1NC(=O)CNC(=O)CSc1nnc(-c2ccccc2Cl)n1C1CCCC1. The fourth-order valence-electron chi connectivity index (χ4n) is 4.25. The van der Waals surface area contributed by atoms with Crippen LogP contribution in [-0.2, 0) is 9.59 Å². The minimum absolute atomic E-state index is 0.0899. The Labute approximate surface area is 208 Å². The van der Waals surface area contributed by atoms with Crippen molar-refractivity contribution < 1.29 is 9.59 Å². The Hall–Kier alpha value is -2.84. The molecule has 1 fully saturated rings. The predicted molar refractivity (Wildman–Crippen MR) is 136 cm³/mol. The van der Waals surface area contributed by atoms with Crippen molar-refractivity contribution >= 4 is 40.9 Å². The lowest BCUT2D eigenvalue weighted by Crippen LogP contribution is -2.34. The predicted octanol–water partition coefficient (Wildman–Crippen LogP) is 5.18. The number of nitrogens with one attached hydrogen (secondary N) is 2. The molecule has 0 unspecified atom stereocenters. The average Bonchev–Trinajstić information content (AvgIpc) is 3.49. The Morgan fingerprint density at radius 1 is 1.03 bits per heavy atom. The molecule has 7 nitrogen and oxygen atoms in total. The number of aromatic nitrogens is 3. The Kier molecular flexibility index (Phi) is 7.90. The molecule has 0 atom stereocenters. The second-order valence-electron chi connectivity index (χ2n) is 8.47. The Balaban J connectivity index is 1.39. The summed E-state index contributed by atoms with van der Waals surface area (Å²) in [5, 5.41) is 15.7. The molecule has 0 radical (unpaired) electrons. The Bertz CT molecular complexity index is 1170. The van der Waals surface area contributed by atoms with Gasteiger partial charge in [-0.25, -0.2) is 0 Å². The van der Waals surface area contributed by atoms with Crippen LogP contribution in [0.3, 0.4) is 0 Å². The lowest BCUT2D eigenvalue weighted by molar-refractivity contribution is -0.122. The fraction of sp³-hybridized carbons (Fsp3) is 0.360. The van der Waals surface area contributed by atoms with E-state index in [2.05, 4.69) is 25.4 Å². The molecule has 0 saturated heterocycles. The van der Waals surface area contributed by atoms with Gasteiger partial charge in [-0.1, -0.05) is 66.5 Å². The summed E-state index contributed by atoms with van der Waals surface area (Å²) in [6.45, 7) is 3.79. The molecular weight excluding hydrogens is 470 g/mol. The molecule has 1 aliphatic rings. The van der Waals surface area contributed by atoms with Crippen LogP contribution in [0.5, 0.6) is 0 Å². The van der Waals surface area contributed by atoms with Crippen LogP contribution in [0.1, 0.15) is 42.9 Å². The van der Waals surface area contributed by atoms with E-state index in [1.807, 2.05) is 56.3 Å². The van der Waals surface area contributed by atoms with Crippen molar-refractivity contribution in [3.05, 3.63) is 58.6 Å². The van der Waals surface area contributed by atoms with Gasteiger partial charge in [0.25, 0.3) is 0 Å². The van der Waals surface area contributed by atoms with Crippen molar-refractivity contribution in [3.8, 4) is 11.4 Å². The topological polar surface area (TPSA) is 88.9 Å². The second kappa shape index (κ2) is 11.1. The zero-order chi connectivity index (χ0) is 24.1. The summed E-state index contributed by atoms with van der Waals surface area (Å²) in [5.41, 5.74) is 3.59. The van der Waals surface area contributed by atoms with Crippen LogP contribution in [0.25, 0.3) is 11.4 Å². The number of carbonyl (C=O) groups is 2. The number of hydrogen-bond donors (Lipinski definition) is 2. The molecule has 178 valence electrons. The molecule has 2 amide bonds. The average molecular weight is 498 g/mol. The van der Waals surface area contributed by atoms with Gasteiger partial charge in [-0.15, -0.1) is 10.2 Å². The lowest BCUT2D eigenvalue weighted by Gasteiger charge is -2.17. The third kappa shape index (κ3) is 5.62. The van der Waals surface area contributed by atoms with Crippen LogP contribution in [0.15, 0.2) is 47.6 Å². The van der Waals surface area contributed by atoms with E-state index in [-0.39, 0.29) is 30.2 Å². The summed E-state index contributed by atoms with van der Waals surface area (Å²) < 4.78 is 2.12. The van der Waals surface area contributed by atoms with Gasteiger partial charge >= 0.3 is 0 Å². The van der Waals surface area contributed by atoms with Crippen molar-refractivity contribution in [1.29, 1.82) is 0 Å². The maximum atomic E-state index is 12.5. The van der Waals surface area contributed by atoms with Crippen LogP contribution < -0.4 is 10.6 Å². The van der Waals surface area contributed by atoms with E-state index in [9.17, 15) is 9.59 Å². The molecule has 2 aromatic carbocycles. The zero-order valence-corrected chi connectivity index (χ0v) is 20.9. The van der Waals surface area contributed by atoms with Gasteiger partial charge in [0.05, 0.1) is 17.3 Å². The molecule has 2 N–H and O–H groups in total. The number of para-hydroxylation sites is 1. The molecule has 0 aliphatic heterocycles. The van der Waals surface area contributed by atoms with Gasteiger partial charge in [-0.2, -0.15) is 0 Å². The number of aryl methyl sites for hydroxylation is 2. The molecule has 4 rings (SSSR count). The summed E-state index contributed by atoms with van der Waals surface area (Å²) in [6, 6.07) is 13.7. The summed E-state index contributed by atoms with van der Waals surface area (Å²) in [7, 11) is 0. The summed E-state index contributed by atoms with van der Waals surface area (Å²) in [6.07, 6.45) is 4.41. The number of nitrogens with zero attached hydrogens (tertiary/aromatic N) is 3. The molecule has 1 heterocycles. The highest BCUT2D eigenvalue weighted by Crippen LogP contribution is 2.38. The van der Waals surface area contributed by atoms with E-state index >= 15 is 0 Å². The van der Waals surface area contributed by atoms with Gasteiger partial charge in [-0.05, 0) is 49.9 Å². The first-order chi connectivity index (χ1) is 16.4. The monoisotopic (exact) mass is 497 g/mol. The van der Waals surface area contributed by atoms with E-state index in [0.717, 1.165) is 53.9 Å². The van der Waals surface area contributed by atoms with E-state index < -0.39 is 0 Å². The number of carbonyl (C=O) groups excluding carboxylic acids is 2. The number of amides is 2. The number of hydrogen-bond acceptors (Lipinski definition) is 5. The third-order valence-corrected chi connectivity index (χ3v) is 7.27. The van der Waals surface area contributed by atoms with E-state index in [1.165, 1.54) is 11.8 Å².